The third kappa shape index (κ3) is 3.17. The molecule has 0 fully saturated rings. The van der Waals surface area contributed by atoms with Crippen molar-refractivity contribution in [3.63, 3.8) is 0 Å². The molecule has 0 spiro atoms. The molecule has 2 aromatic rings. The van der Waals surface area contributed by atoms with Crippen LogP contribution in [0.1, 0.15) is 12.5 Å². The summed E-state index contributed by atoms with van der Waals surface area (Å²) < 4.78 is 5.38. The minimum absolute atomic E-state index is 0.549. The van der Waals surface area contributed by atoms with E-state index < -0.39 is 0 Å². The van der Waals surface area contributed by atoms with E-state index >= 15 is 0 Å². The SMILES string of the molecule is CCOc1ccc(Nc2ccc(C#N)cc2N)cc1. The van der Waals surface area contributed by atoms with Gasteiger partial charge >= 0.3 is 0 Å². The summed E-state index contributed by atoms with van der Waals surface area (Å²) in [6.07, 6.45) is 0. The van der Waals surface area contributed by atoms with E-state index in [9.17, 15) is 0 Å². The lowest BCUT2D eigenvalue weighted by atomic mass is 10.2. The van der Waals surface area contributed by atoms with Crippen molar-refractivity contribution in [2.24, 2.45) is 0 Å². The van der Waals surface area contributed by atoms with Gasteiger partial charge in [0.25, 0.3) is 0 Å². The number of nitrogens with zero attached hydrogens (tertiary/aromatic N) is 1. The maximum atomic E-state index is 8.78. The molecule has 0 saturated heterocycles. The molecule has 0 bridgehead atoms. The summed E-state index contributed by atoms with van der Waals surface area (Å²) >= 11 is 0. The van der Waals surface area contributed by atoms with E-state index in [2.05, 4.69) is 11.4 Å². The molecule has 0 heterocycles. The van der Waals surface area contributed by atoms with Gasteiger partial charge in [-0.1, -0.05) is 0 Å². The second kappa shape index (κ2) is 5.78. The summed E-state index contributed by atoms with van der Waals surface area (Å²) in [5.74, 6) is 0.834. The van der Waals surface area contributed by atoms with Gasteiger partial charge in [-0.3, -0.25) is 0 Å². The summed E-state index contributed by atoms with van der Waals surface area (Å²) in [5.41, 5.74) is 8.68. The molecule has 3 N–H and O–H groups in total. The van der Waals surface area contributed by atoms with Gasteiger partial charge in [0.1, 0.15) is 5.75 Å². The van der Waals surface area contributed by atoms with Crippen molar-refractivity contribution in [3.05, 3.63) is 48.0 Å². The average molecular weight is 253 g/mol. The number of nitrogen functional groups attached to an aromatic ring is 1. The first-order valence-electron chi connectivity index (χ1n) is 6.02. The van der Waals surface area contributed by atoms with E-state index in [1.807, 2.05) is 31.2 Å². The summed E-state index contributed by atoms with van der Waals surface area (Å²) in [7, 11) is 0. The van der Waals surface area contributed by atoms with Crippen LogP contribution >= 0.6 is 0 Å². The number of nitriles is 1. The molecular formula is C15H15N3O. The molecule has 0 aliphatic rings. The third-order valence-corrected chi connectivity index (χ3v) is 2.62. The van der Waals surface area contributed by atoms with Crippen LogP contribution in [0.25, 0.3) is 0 Å². The lowest BCUT2D eigenvalue weighted by molar-refractivity contribution is 0.340. The first kappa shape index (κ1) is 12.8. The van der Waals surface area contributed by atoms with Gasteiger partial charge < -0.3 is 15.8 Å². The molecule has 0 unspecified atom stereocenters. The highest BCUT2D eigenvalue weighted by Crippen LogP contribution is 2.25. The van der Waals surface area contributed by atoms with Crippen molar-refractivity contribution >= 4 is 17.1 Å². The Morgan fingerprint density at radius 2 is 1.95 bits per heavy atom. The normalized spacial score (nSPS) is 9.68. The lowest BCUT2D eigenvalue weighted by Crippen LogP contribution is -1.97. The predicted molar refractivity (Wildman–Crippen MR) is 76.5 cm³/mol. The quantitative estimate of drug-likeness (QED) is 0.820. The first-order chi connectivity index (χ1) is 9.22. The Bertz CT molecular complexity index is 600. The van der Waals surface area contributed by atoms with Gasteiger partial charge in [0.2, 0.25) is 0 Å². The van der Waals surface area contributed by atoms with Crippen molar-refractivity contribution in [1.29, 1.82) is 5.26 Å². The Morgan fingerprint density at radius 1 is 1.21 bits per heavy atom. The molecule has 96 valence electrons. The van der Waals surface area contributed by atoms with E-state index in [0.29, 0.717) is 17.9 Å². The molecule has 19 heavy (non-hydrogen) atoms. The number of hydrogen-bond acceptors (Lipinski definition) is 4. The Morgan fingerprint density at radius 3 is 2.53 bits per heavy atom. The highest BCUT2D eigenvalue weighted by molar-refractivity contribution is 5.74. The second-order valence-electron chi connectivity index (χ2n) is 4.00. The van der Waals surface area contributed by atoms with Crippen LogP contribution in [0.5, 0.6) is 5.75 Å². The summed E-state index contributed by atoms with van der Waals surface area (Å²) in [6.45, 7) is 2.60. The van der Waals surface area contributed by atoms with Crippen molar-refractivity contribution in [2.45, 2.75) is 6.92 Å². The van der Waals surface area contributed by atoms with Crippen LogP contribution in [-0.4, -0.2) is 6.61 Å². The van der Waals surface area contributed by atoms with Crippen molar-refractivity contribution in [1.82, 2.24) is 0 Å². The van der Waals surface area contributed by atoms with Crippen LogP contribution in [0.15, 0.2) is 42.5 Å². The van der Waals surface area contributed by atoms with E-state index in [0.717, 1.165) is 17.1 Å². The molecule has 0 amide bonds. The standard InChI is InChI=1S/C15H15N3O/c1-2-19-13-6-4-12(5-7-13)18-15-8-3-11(10-16)9-14(15)17/h3-9,18H,2,17H2,1H3. The van der Waals surface area contributed by atoms with Crippen LogP contribution < -0.4 is 15.8 Å². The molecule has 0 saturated carbocycles. The monoisotopic (exact) mass is 253 g/mol. The molecule has 0 aromatic heterocycles. The summed E-state index contributed by atoms with van der Waals surface area (Å²) in [5, 5.41) is 12.0. The largest absolute Gasteiger partial charge is 0.494 e. The van der Waals surface area contributed by atoms with Crippen LogP contribution in [0.2, 0.25) is 0 Å². The van der Waals surface area contributed by atoms with E-state index in [1.165, 1.54) is 0 Å². The topological polar surface area (TPSA) is 71.1 Å². The van der Waals surface area contributed by atoms with Crippen molar-refractivity contribution < 1.29 is 4.74 Å². The van der Waals surface area contributed by atoms with Crippen LogP contribution in [-0.2, 0) is 0 Å². The predicted octanol–water partition coefficient (Wildman–Crippen LogP) is 3.28. The number of anilines is 3. The third-order valence-electron chi connectivity index (χ3n) is 2.62. The lowest BCUT2D eigenvalue weighted by Gasteiger charge is -2.10. The van der Waals surface area contributed by atoms with Crippen LogP contribution in [0, 0.1) is 11.3 Å². The van der Waals surface area contributed by atoms with Gasteiger partial charge in [0.15, 0.2) is 0 Å². The number of nitrogens with two attached hydrogens (primary N) is 1. The Kier molecular flexibility index (Phi) is 3.89. The Balaban J connectivity index is 2.15. The summed E-state index contributed by atoms with van der Waals surface area (Å²) in [4.78, 5) is 0. The van der Waals surface area contributed by atoms with Crippen molar-refractivity contribution in [2.75, 3.05) is 17.7 Å². The highest BCUT2D eigenvalue weighted by atomic mass is 16.5. The Labute approximate surface area is 112 Å². The van der Waals surface area contributed by atoms with Gasteiger partial charge in [-0.25, -0.2) is 0 Å². The maximum Gasteiger partial charge on any atom is 0.119 e. The van der Waals surface area contributed by atoms with E-state index in [1.54, 1.807) is 18.2 Å². The minimum atomic E-state index is 0.549. The zero-order valence-electron chi connectivity index (χ0n) is 10.7. The number of ether oxygens (including phenoxy) is 1. The molecule has 4 heteroatoms. The van der Waals surface area contributed by atoms with Crippen LogP contribution in [0.4, 0.5) is 17.1 Å². The average Bonchev–Trinajstić information content (AvgIpc) is 2.43. The number of nitrogens with one attached hydrogen (secondary N) is 1. The number of hydrogen-bond donors (Lipinski definition) is 2. The molecule has 2 aromatic carbocycles. The van der Waals surface area contributed by atoms with Gasteiger partial charge in [-0.2, -0.15) is 5.26 Å². The molecule has 0 aliphatic carbocycles. The first-order valence-corrected chi connectivity index (χ1v) is 6.02. The second-order valence-corrected chi connectivity index (χ2v) is 4.00. The fourth-order valence-corrected chi connectivity index (χ4v) is 1.70. The van der Waals surface area contributed by atoms with Gasteiger partial charge in [0, 0.05) is 5.69 Å². The molecule has 4 nitrogen and oxygen atoms in total. The van der Waals surface area contributed by atoms with Gasteiger partial charge in [-0.15, -0.1) is 0 Å². The smallest absolute Gasteiger partial charge is 0.119 e. The fourth-order valence-electron chi connectivity index (χ4n) is 1.70. The number of benzene rings is 2. The molecular weight excluding hydrogens is 238 g/mol. The number of rotatable bonds is 4. The van der Waals surface area contributed by atoms with E-state index in [-0.39, 0.29) is 0 Å². The fraction of sp³-hybridized carbons (Fsp3) is 0.133. The molecule has 0 aliphatic heterocycles. The minimum Gasteiger partial charge on any atom is -0.494 e. The van der Waals surface area contributed by atoms with E-state index in [4.69, 9.17) is 15.7 Å². The van der Waals surface area contributed by atoms with Crippen LogP contribution in [0.3, 0.4) is 0 Å². The molecule has 0 radical (unpaired) electrons. The molecule has 2 rings (SSSR count). The zero-order valence-corrected chi connectivity index (χ0v) is 10.7. The summed E-state index contributed by atoms with van der Waals surface area (Å²) in [6, 6.07) is 14.9. The van der Waals surface area contributed by atoms with Crippen molar-refractivity contribution in [3.8, 4) is 11.8 Å². The maximum absolute atomic E-state index is 8.78. The van der Waals surface area contributed by atoms with Gasteiger partial charge in [0.05, 0.1) is 29.6 Å². The zero-order chi connectivity index (χ0) is 13.7. The molecule has 0 atom stereocenters. The Hall–Kier alpha value is -2.67. The van der Waals surface area contributed by atoms with Gasteiger partial charge in [-0.05, 0) is 49.4 Å². The highest BCUT2D eigenvalue weighted by Gasteiger charge is 2.01.